The number of halogens is 1. The summed E-state index contributed by atoms with van der Waals surface area (Å²) in [6.07, 6.45) is 0.358. The second-order valence-corrected chi connectivity index (χ2v) is 5.35. The van der Waals surface area contributed by atoms with Crippen LogP contribution >= 0.6 is 11.6 Å². The number of amides is 1. The molecule has 1 aliphatic heterocycles. The van der Waals surface area contributed by atoms with Crippen molar-refractivity contribution in [1.82, 2.24) is 4.90 Å². The summed E-state index contributed by atoms with van der Waals surface area (Å²) < 4.78 is 0. The summed E-state index contributed by atoms with van der Waals surface area (Å²) >= 11 is 5.54. The molecule has 1 heterocycles. The number of fused-ring (bicyclic) bond motifs is 1. The fraction of sp³-hybridized carbons (Fsp3) is 0.500. The average molecular weight is 267 g/mol. The van der Waals surface area contributed by atoms with E-state index in [-0.39, 0.29) is 5.91 Å². The number of hydrogen-bond donors (Lipinski definition) is 1. The van der Waals surface area contributed by atoms with Crippen LogP contribution in [0.3, 0.4) is 0 Å². The summed E-state index contributed by atoms with van der Waals surface area (Å²) in [5, 5.41) is 2.87. The Hall–Kier alpha value is -1.06. The van der Waals surface area contributed by atoms with E-state index in [2.05, 4.69) is 36.2 Å². The molecule has 3 nitrogen and oxygen atoms in total. The Bertz CT molecular complexity index is 445. The van der Waals surface area contributed by atoms with Gasteiger partial charge in [0.2, 0.25) is 5.91 Å². The number of carbonyl (C=O) groups is 1. The van der Waals surface area contributed by atoms with Crippen molar-refractivity contribution >= 4 is 23.2 Å². The van der Waals surface area contributed by atoms with E-state index >= 15 is 0 Å². The van der Waals surface area contributed by atoms with E-state index < -0.39 is 0 Å². The number of alkyl halides is 1. The third kappa shape index (κ3) is 3.03. The number of hydrogen-bond acceptors (Lipinski definition) is 2. The lowest BCUT2D eigenvalue weighted by atomic mass is 10.1. The van der Waals surface area contributed by atoms with E-state index in [0.29, 0.717) is 18.3 Å². The van der Waals surface area contributed by atoms with Crippen LogP contribution in [0.2, 0.25) is 0 Å². The first-order valence-electron chi connectivity index (χ1n) is 6.32. The molecule has 0 saturated carbocycles. The molecule has 1 aromatic rings. The molecule has 1 aromatic carbocycles. The van der Waals surface area contributed by atoms with Gasteiger partial charge in [0.05, 0.1) is 0 Å². The number of carbonyl (C=O) groups excluding carboxylic acids is 1. The third-order valence-corrected chi connectivity index (χ3v) is 3.48. The molecule has 0 radical (unpaired) electrons. The summed E-state index contributed by atoms with van der Waals surface area (Å²) in [4.78, 5) is 13.9. The summed E-state index contributed by atoms with van der Waals surface area (Å²) in [6, 6.07) is 6.69. The standard InChI is InChI=1S/C14H19ClN2O/c1-10(2)17-8-11-3-4-13(7-12(11)9-17)16-14(18)5-6-15/h3-4,7,10H,5-6,8-9H2,1-2H3,(H,16,18). The summed E-state index contributed by atoms with van der Waals surface area (Å²) in [6.45, 7) is 6.37. The lowest BCUT2D eigenvalue weighted by molar-refractivity contribution is -0.115. The van der Waals surface area contributed by atoms with E-state index in [4.69, 9.17) is 11.6 Å². The normalized spacial score (nSPS) is 14.9. The molecule has 1 aliphatic rings. The van der Waals surface area contributed by atoms with E-state index in [1.165, 1.54) is 11.1 Å². The van der Waals surface area contributed by atoms with Crippen molar-refractivity contribution in [2.45, 2.75) is 39.4 Å². The fourth-order valence-electron chi connectivity index (χ4n) is 2.17. The van der Waals surface area contributed by atoms with Crippen molar-refractivity contribution in [2.75, 3.05) is 11.2 Å². The van der Waals surface area contributed by atoms with Gasteiger partial charge in [-0.05, 0) is 37.1 Å². The molecular formula is C14H19ClN2O. The minimum absolute atomic E-state index is 0.0244. The van der Waals surface area contributed by atoms with Gasteiger partial charge in [-0.15, -0.1) is 11.6 Å². The van der Waals surface area contributed by atoms with Gasteiger partial charge in [0, 0.05) is 37.1 Å². The van der Waals surface area contributed by atoms with E-state index in [1.54, 1.807) is 0 Å². The zero-order valence-electron chi connectivity index (χ0n) is 10.9. The van der Waals surface area contributed by atoms with Gasteiger partial charge in [0.25, 0.3) is 0 Å². The number of anilines is 1. The van der Waals surface area contributed by atoms with Crippen molar-refractivity contribution < 1.29 is 4.79 Å². The Kier molecular flexibility index (Phi) is 4.25. The summed E-state index contributed by atoms with van der Waals surface area (Å²) in [5.74, 6) is 0.335. The first-order valence-corrected chi connectivity index (χ1v) is 6.85. The molecule has 98 valence electrons. The molecule has 0 saturated heterocycles. The quantitative estimate of drug-likeness (QED) is 0.850. The van der Waals surface area contributed by atoms with Crippen molar-refractivity contribution in [3.8, 4) is 0 Å². The van der Waals surface area contributed by atoms with Crippen molar-refractivity contribution in [3.05, 3.63) is 29.3 Å². The second-order valence-electron chi connectivity index (χ2n) is 4.97. The number of nitrogens with one attached hydrogen (secondary N) is 1. The Morgan fingerprint density at radius 3 is 2.78 bits per heavy atom. The Morgan fingerprint density at radius 1 is 1.39 bits per heavy atom. The van der Waals surface area contributed by atoms with Crippen molar-refractivity contribution in [1.29, 1.82) is 0 Å². The van der Waals surface area contributed by atoms with Crippen LogP contribution in [0, 0.1) is 0 Å². The molecule has 0 unspecified atom stereocenters. The highest BCUT2D eigenvalue weighted by Crippen LogP contribution is 2.27. The topological polar surface area (TPSA) is 32.3 Å². The smallest absolute Gasteiger partial charge is 0.225 e. The zero-order chi connectivity index (χ0) is 13.1. The van der Waals surface area contributed by atoms with E-state index in [0.717, 1.165) is 18.8 Å². The minimum atomic E-state index is -0.0244. The first-order chi connectivity index (χ1) is 8.60. The zero-order valence-corrected chi connectivity index (χ0v) is 11.6. The molecule has 4 heteroatoms. The Balaban J connectivity index is 2.06. The predicted octanol–water partition coefficient (Wildman–Crippen LogP) is 2.98. The summed E-state index contributed by atoms with van der Waals surface area (Å²) in [5.41, 5.74) is 3.54. The molecule has 18 heavy (non-hydrogen) atoms. The number of rotatable bonds is 4. The third-order valence-electron chi connectivity index (χ3n) is 3.29. The number of benzene rings is 1. The maximum Gasteiger partial charge on any atom is 0.225 e. The SMILES string of the molecule is CC(C)N1Cc2ccc(NC(=O)CCCl)cc2C1. The van der Waals surface area contributed by atoms with Gasteiger partial charge in [-0.25, -0.2) is 0 Å². The minimum Gasteiger partial charge on any atom is -0.326 e. The highest BCUT2D eigenvalue weighted by Gasteiger charge is 2.21. The molecule has 1 amide bonds. The van der Waals surface area contributed by atoms with Crippen molar-refractivity contribution in [3.63, 3.8) is 0 Å². The second kappa shape index (κ2) is 5.72. The molecule has 2 rings (SSSR count). The van der Waals surface area contributed by atoms with Crippen LogP contribution in [-0.4, -0.2) is 22.7 Å². The molecular weight excluding hydrogens is 248 g/mol. The van der Waals surface area contributed by atoms with Crippen LogP contribution in [-0.2, 0) is 17.9 Å². The van der Waals surface area contributed by atoms with Gasteiger partial charge in [-0.1, -0.05) is 6.07 Å². The maximum absolute atomic E-state index is 11.5. The van der Waals surface area contributed by atoms with E-state index in [9.17, 15) is 4.79 Å². The lowest BCUT2D eigenvalue weighted by Crippen LogP contribution is -2.24. The van der Waals surface area contributed by atoms with Gasteiger partial charge < -0.3 is 5.32 Å². The van der Waals surface area contributed by atoms with Gasteiger partial charge >= 0.3 is 0 Å². The van der Waals surface area contributed by atoms with Gasteiger partial charge in [0.15, 0.2) is 0 Å². The fourth-order valence-corrected chi connectivity index (χ4v) is 2.34. The van der Waals surface area contributed by atoms with Crippen LogP contribution in [0.15, 0.2) is 18.2 Å². The Morgan fingerprint density at radius 2 is 2.11 bits per heavy atom. The average Bonchev–Trinajstić information content (AvgIpc) is 2.72. The summed E-state index contributed by atoms with van der Waals surface area (Å²) in [7, 11) is 0. The highest BCUT2D eigenvalue weighted by molar-refractivity contribution is 6.19. The van der Waals surface area contributed by atoms with Crippen LogP contribution < -0.4 is 5.32 Å². The molecule has 1 N–H and O–H groups in total. The lowest BCUT2D eigenvalue weighted by Gasteiger charge is -2.18. The largest absolute Gasteiger partial charge is 0.326 e. The maximum atomic E-state index is 11.5. The Labute approximate surface area is 113 Å². The van der Waals surface area contributed by atoms with Crippen LogP contribution in [0.25, 0.3) is 0 Å². The molecule has 0 aliphatic carbocycles. The molecule has 0 aromatic heterocycles. The monoisotopic (exact) mass is 266 g/mol. The highest BCUT2D eigenvalue weighted by atomic mass is 35.5. The number of nitrogens with zero attached hydrogens (tertiary/aromatic N) is 1. The van der Waals surface area contributed by atoms with Crippen LogP contribution in [0.5, 0.6) is 0 Å². The van der Waals surface area contributed by atoms with Crippen molar-refractivity contribution in [2.24, 2.45) is 0 Å². The van der Waals surface area contributed by atoms with Gasteiger partial charge in [-0.3, -0.25) is 9.69 Å². The van der Waals surface area contributed by atoms with Gasteiger partial charge in [0.1, 0.15) is 0 Å². The first kappa shape index (κ1) is 13.4. The van der Waals surface area contributed by atoms with Gasteiger partial charge in [-0.2, -0.15) is 0 Å². The van der Waals surface area contributed by atoms with Crippen LogP contribution in [0.4, 0.5) is 5.69 Å². The predicted molar refractivity (Wildman–Crippen MR) is 74.8 cm³/mol. The molecule has 0 fully saturated rings. The van der Waals surface area contributed by atoms with E-state index in [1.807, 2.05) is 6.07 Å². The molecule has 0 bridgehead atoms. The molecule has 0 spiro atoms. The van der Waals surface area contributed by atoms with Crippen LogP contribution in [0.1, 0.15) is 31.4 Å². The molecule has 0 atom stereocenters.